The molecule has 0 spiro atoms. The molecule has 0 amide bonds. The van der Waals surface area contributed by atoms with Gasteiger partial charge in [0.2, 0.25) is 0 Å². The lowest BCUT2D eigenvalue weighted by Crippen LogP contribution is -2.03. The molecular formula is C10H16N2OS. The van der Waals surface area contributed by atoms with Gasteiger partial charge in [-0.05, 0) is 32.3 Å². The van der Waals surface area contributed by atoms with E-state index in [-0.39, 0.29) is 0 Å². The number of aromatic nitrogens is 2. The Bertz CT molecular complexity index is 320. The van der Waals surface area contributed by atoms with Crippen LogP contribution < -0.4 is 0 Å². The van der Waals surface area contributed by atoms with Gasteiger partial charge < -0.3 is 0 Å². The maximum absolute atomic E-state index is 10.7. The van der Waals surface area contributed by atoms with Gasteiger partial charge in [0, 0.05) is 12.2 Å². The lowest BCUT2D eigenvalue weighted by Gasteiger charge is -2.02. The fourth-order valence-corrected chi connectivity index (χ4v) is 1.88. The largest absolute Gasteiger partial charge is 0.298 e. The maximum Gasteiger partial charge on any atom is 0.153 e. The molecule has 0 saturated carbocycles. The maximum atomic E-state index is 10.7. The van der Waals surface area contributed by atoms with E-state index >= 15 is 0 Å². The van der Waals surface area contributed by atoms with Crippen molar-refractivity contribution in [2.45, 2.75) is 26.8 Å². The van der Waals surface area contributed by atoms with E-state index in [1.54, 1.807) is 0 Å². The molecular weight excluding hydrogens is 196 g/mol. The van der Waals surface area contributed by atoms with Gasteiger partial charge in [0.15, 0.2) is 6.29 Å². The number of carbonyl (C=O) groups is 1. The average molecular weight is 212 g/mol. The number of hydrogen-bond donors (Lipinski definition) is 0. The second-order valence-corrected chi connectivity index (χ2v) is 4.26. The van der Waals surface area contributed by atoms with Crippen molar-refractivity contribution < 1.29 is 4.79 Å². The normalized spacial score (nSPS) is 10.5. The third-order valence-corrected chi connectivity index (χ3v) is 2.97. The molecule has 0 radical (unpaired) electrons. The first-order chi connectivity index (χ1) is 6.70. The minimum Gasteiger partial charge on any atom is -0.298 e. The number of rotatable bonds is 5. The van der Waals surface area contributed by atoms with Crippen LogP contribution in [0.15, 0.2) is 0 Å². The smallest absolute Gasteiger partial charge is 0.153 e. The van der Waals surface area contributed by atoms with Crippen molar-refractivity contribution in [3.63, 3.8) is 0 Å². The fraction of sp³-hybridized carbons (Fsp3) is 0.600. The summed E-state index contributed by atoms with van der Waals surface area (Å²) < 4.78 is 1.93. The highest BCUT2D eigenvalue weighted by atomic mass is 32.2. The van der Waals surface area contributed by atoms with Crippen molar-refractivity contribution in [3.8, 4) is 0 Å². The van der Waals surface area contributed by atoms with Gasteiger partial charge in [-0.3, -0.25) is 9.48 Å². The Morgan fingerprint density at radius 1 is 1.50 bits per heavy atom. The van der Waals surface area contributed by atoms with Crippen LogP contribution in [-0.2, 0) is 6.54 Å². The Morgan fingerprint density at radius 3 is 2.71 bits per heavy atom. The number of nitrogens with zero attached hydrogens (tertiary/aromatic N) is 2. The van der Waals surface area contributed by atoms with Gasteiger partial charge in [0.1, 0.15) is 0 Å². The van der Waals surface area contributed by atoms with Gasteiger partial charge in [-0.15, -0.1) is 0 Å². The number of thioether (sulfide) groups is 1. The third kappa shape index (κ3) is 2.38. The number of hydrogen-bond acceptors (Lipinski definition) is 3. The van der Waals surface area contributed by atoms with Crippen LogP contribution in [0.2, 0.25) is 0 Å². The quantitative estimate of drug-likeness (QED) is 0.553. The zero-order valence-electron chi connectivity index (χ0n) is 8.91. The summed E-state index contributed by atoms with van der Waals surface area (Å²) in [6, 6.07) is 0. The van der Waals surface area contributed by atoms with Crippen LogP contribution in [0.5, 0.6) is 0 Å². The van der Waals surface area contributed by atoms with Crippen LogP contribution in [0.1, 0.15) is 28.2 Å². The van der Waals surface area contributed by atoms with E-state index in [0.717, 1.165) is 42.0 Å². The summed E-state index contributed by atoms with van der Waals surface area (Å²) in [6.07, 6.45) is 4.09. The van der Waals surface area contributed by atoms with E-state index in [1.807, 2.05) is 30.3 Å². The Morgan fingerprint density at radius 2 is 2.21 bits per heavy atom. The SMILES string of the molecule is CSCCCn1nc(C)c(C=O)c1C. The lowest BCUT2D eigenvalue weighted by atomic mass is 10.2. The molecule has 14 heavy (non-hydrogen) atoms. The molecule has 3 nitrogen and oxygen atoms in total. The lowest BCUT2D eigenvalue weighted by molar-refractivity contribution is 0.112. The zero-order valence-corrected chi connectivity index (χ0v) is 9.73. The Kier molecular flexibility index (Phi) is 4.20. The summed E-state index contributed by atoms with van der Waals surface area (Å²) in [7, 11) is 0. The topological polar surface area (TPSA) is 34.9 Å². The molecule has 4 heteroatoms. The number of carbonyl (C=O) groups excluding carboxylic acids is 1. The number of aldehydes is 1. The zero-order chi connectivity index (χ0) is 10.6. The molecule has 1 heterocycles. The minimum absolute atomic E-state index is 0.745. The van der Waals surface area contributed by atoms with E-state index in [1.165, 1.54) is 0 Å². The molecule has 0 atom stereocenters. The molecule has 0 aliphatic carbocycles. The van der Waals surface area contributed by atoms with Crippen molar-refractivity contribution in [1.82, 2.24) is 9.78 Å². The first-order valence-electron chi connectivity index (χ1n) is 4.68. The molecule has 0 aliphatic heterocycles. The Labute approximate surface area is 88.9 Å². The first-order valence-corrected chi connectivity index (χ1v) is 6.08. The summed E-state index contributed by atoms with van der Waals surface area (Å²) in [5.74, 6) is 1.13. The van der Waals surface area contributed by atoms with Crippen LogP contribution in [-0.4, -0.2) is 28.1 Å². The summed E-state index contributed by atoms with van der Waals surface area (Å²) in [6.45, 7) is 4.73. The molecule has 0 unspecified atom stereocenters. The highest BCUT2D eigenvalue weighted by molar-refractivity contribution is 7.98. The van der Waals surface area contributed by atoms with E-state index in [9.17, 15) is 4.79 Å². The molecule has 1 aromatic rings. The molecule has 0 N–H and O–H groups in total. The van der Waals surface area contributed by atoms with E-state index in [4.69, 9.17) is 0 Å². The summed E-state index contributed by atoms with van der Waals surface area (Å²) in [5, 5.41) is 4.33. The highest BCUT2D eigenvalue weighted by Crippen LogP contribution is 2.11. The summed E-state index contributed by atoms with van der Waals surface area (Å²) in [4.78, 5) is 10.7. The third-order valence-electron chi connectivity index (χ3n) is 2.27. The van der Waals surface area contributed by atoms with Crippen LogP contribution in [0, 0.1) is 13.8 Å². The molecule has 78 valence electrons. The standard InChI is InChI=1S/C10H16N2OS/c1-8-10(7-13)9(2)12(11-8)5-4-6-14-3/h7H,4-6H2,1-3H3. The molecule has 1 rings (SSSR count). The van der Waals surface area contributed by atoms with Gasteiger partial charge in [0.05, 0.1) is 11.3 Å². The van der Waals surface area contributed by atoms with E-state index < -0.39 is 0 Å². The van der Waals surface area contributed by atoms with Gasteiger partial charge in [-0.2, -0.15) is 16.9 Å². The predicted octanol–water partition coefficient (Wildman–Crippen LogP) is 2.07. The van der Waals surface area contributed by atoms with Crippen LogP contribution in [0.3, 0.4) is 0 Å². The molecule has 0 bridgehead atoms. The van der Waals surface area contributed by atoms with E-state index in [0.29, 0.717) is 0 Å². The van der Waals surface area contributed by atoms with Crippen molar-refractivity contribution in [3.05, 3.63) is 17.0 Å². The van der Waals surface area contributed by atoms with Gasteiger partial charge >= 0.3 is 0 Å². The van der Waals surface area contributed by atoms with E-state index in [2.05, 4.69) is 11.4 Å². The molecule has 1 aromatic heterocycles. The molecule has 0 fully saturated rings. The Hall–Kier alpha value is -0.770. The van der Waals surface area contributed by atoms with Crippen molar-refractivity contribution >= 4 is 18.0 Å². The fourth-order valence-electron chi connectivity index (χ4n) is 1.46. The Balaban J connectivity index is 2.73. The van der Waals surface area contributed by atoms with Gasteiger partial charge in [0.25, 0.3) is 0 Å². The van der Waals surface area contributed by atoms with Crippen molar-refractivity contribution in [2.24, 2.45) is 0 Å². The van der Waals surface area contributed by atoms with Crippen LogP contribution in [0.25, 0.3) is 0 Å². The first kappa shape index (κ1) is 11.3. The van der Waals surface area contributed by atoms with Crippen molar-refractivity contribution in [1.29, 1.82) is 0 Å². The highest BCUT2D eigenvalue weighted by Gasteiger charge is 2.09. The van der Waals surface area contributed by atoms with Crippen molar-refractivity contribution in [2.75, 3.05) is 12.0 Å². The minimum atomic E-state index is 0.745. The molecule has 0 aromatic carbocycles. The average Bonchev–Trinajstić information content (AvgIpc) is 2.42. The van der Waals surface area contributed by atoms with Crippen LogP contribution in [0.4, 0.5) is 0 Å². The van der Waals surface area contributed by atoms with Crippen LogP contribution >= 0.6 is 11.8 Å². The summed E-state index contributed by atoms with van der Waals surface area (Å²) >= 11 is 1.83. The monoisotopic (exact) mass is 212 g/mol. The van der Waals surface area contributed by atoms with Gasteiger partial charge in [-0.25, -0.2) is 0 Å². The second-order valence-electron chi connectivity index (χ2n) is 3.27. The summed E-state index contributed by atoms with van der Waals surface area (Å²) in [5.41, 5.74) is 2.56. The van der Waals surface area contributed by atoms with Gasteiger partial charge in [-0.1, -0.05) is 0 Å². The second kappa shape index (κ2) is 5.20. The predicted molar refractivity (Wildman–Crippen MR) is 60.1 cm³/mol. The molecule has 0 aliphatic rings. The molecule has 0 saturated heterocycles. The number of aryl methyl sites for hydroxylation is 2.